The molecule has 0 aliphatic carbocycles. The molecule has 7 heteroatoms. The van der Waals surface area contributed by atoms with Gasteiger partial charge in [-0.15, -0.1) is 0 Å². The summed E-state index contributed by atoms with van der Waals surface area (Å²) >= 11 is 5.88. The zero-order valence-corrected chi connectivity index (χ0v) is 11.2. The fraction of sp³-hybridized carbons (Fsp3) is 0.727. The molecule has 1 saturated heterocycles. The number of halogens is 1. The predicted molar refractivity (Wildman–Crippen MR) is 71.0 cm³/mol. The van der Waals surface area contributed by atoms with Crippen LogP contribution in [0.2, 0.25) is 5.28 Å². The summed E-state index contributed by atoms with van der Waals surface area (Å²) in [6.45, 7) is 2.02. The van der Waals surface area contributed by atoms with Crippen molar-refractivity contribution in [2.45, 2.75) is 19.3 Å². The van der Waals surface area contributed by atoms with Crippen molar-refractivity contribution >= 4 is 23.5 Å². The van der Waals surface area contributed by atoms with Gasteiger partial charge < -0.3 is 15.3 Å². The highest BCUT2D eigenvalue weighted by molar-refractivity contribution is 6.28. The van der Waals surface area contributed by atoms with Crippen molar-refractivity contribution in [3.05, 3.63) is 5.28 Å². The molecule has 1 aromatic heterocycles. The molecule has 0 radical (unpaired) electrons. The summed E-state index contributed by atoms with van der Waals surface area (Å²) in [6.07, 6.45) is 3.06. The van der Waals surface area contributed by atoms with E-state index in [0.29, 0.717) is 17.8 Å². The molecule has 1 unspecified atom stereocenters. The number of aliphatic hydroxyl groups excluding tert-OH is 1. The van der Waals surface area contributed by atoms with Crippen LogP contribution in [0, 0.1) is 5.92 Å². The van der Waals surface area contributed by atoms with E-state index < -0.39 is 0 Å². The van der Waals surface area contributed by atoms with Crippen molar-refractivity contribution in [3.63, 3.8) is 0 Å². The van der Waals surface area contributed by atoms with Gasteiger partial charge in [0, 0.05) is 26.7 Å². The lowest BCUT2D eigenvalue weighted by Gasteiger charge is -2.32. The quantitative estimate of drug-likeness (QED) is 0.856. The van der Waals surface area contributed by atoms with E-state index in [9.17, 15) is 0 Å². The minimum atomic E-state index is 0.202. The average molecular weight is 272 g/mol. The molecule has 6 nitrogen and oxygen atoms in total. The summed E-state index contributed by atoms with van der Waals surface area (Å²) in [6, 6.07) is 0. The van der Waals surface area contributed by atoms with Gasteiger partial charge in [-0.3, -0.25) is 0 Å². The van der Waals surface area contributed by atoms with E-state index in [0.717, 1.165) is 32.4 Å². The molecule has 1 aromatic rings. The number of piperidine rings is 1. The predicted octanol–water partition coefficient (Wildman–Crippen LogP) is 1.17. The molecule has 0 spiro atoms. The summed E-state index contributed by atoms with van der Waals surface area (Å²) in [5.41, 5.74) is 0. The molecule has 0 aromatic carbocycles. The molecule has 2 rings (SSSR count). The zero-order chi connectivity index (χ0) is 13.0. The van der Waals surface area contributed by atoms with E-state index in [1.165, 1.54) is 0 Å². The number of nitrogens with one attached hydrogen (secondary N) is 1. The Balaban J connectivity index is 2.12. The van der Waals surface area contributed by atoms with Gasteiger partial charge in [0.25, 0.3) is 0 Å². The maximum Gasteiger partial charge on any atom is 0.231 e. The van der Waals surface area contributed by atoms with Crippen molar-refractivity contribution < 1.29 is 5.11 Å². The first-order chi connectivity index (χ1) is 8.72. The lowest BCUT2D eigenvalue weighted by molar-refractivity contribution is 0.244. The van der Waals surface area contributed by atoms with Gasteiger partial charge in [0.05, 0.1) is 0 Å². The molecule has 100 valence electrons. The van der Waals surface area contributed by atoms with Gasteiger partial charge in [-0.05, 0) is 36.8 Å². The standard InChI is InChI=1S/C11H18ClN5O/c1-13-10-14-9(12)15-11(16-10)17-5-2-3-8(7-17)4-6-18/h8,18H,2-7H2,1H3,(H,13,14,15,16). The molecule has 1 aliphatic rings. The lowest BCUT2D eigenvalue weighted by Crippen LogP contribution is -2.37. The van der Waals surface area contributed by atoms with Crippen LogP contribution in [0.4, 0.5) is 11.9 Å². The third-order valence-corrected chi connectivity index (χ3v) is 3.33. The van der Waals surface area contributed by atoms with E-state index in [4.69, 9.17) is 16.7 Å². The zero-order valence-electron chi connectivity index (χ0n) is 10.4. The van der Waals surface area contributed by atoms with E-state index in [-0.39, 0.29) is 11.9 Å². The molecule has 0 bridgehead atoms. The highest BCUT2D eigenvalue weighted by atomic mass is 35.5. The molecule has 2 N–H and O–H groups in total. The molecule has 1 aliphatic heterocycles. The van der Waals surface area contributed by atoms with Gasteiger partial charge in [-0.1, -0.05) is 0 Å². The third kappa shape index (κ3) is 3.20. The Bertz CT molecular complexity index is 401. The SMILES string of the molecule is CNc1nc(Cl)nc(N2CCCC(CCO)C2)n1. The molecule has 0 amide bonds. The molecule has 1 atom stereocenters. The van der Waals surface area contributed by atoms with E-state index >= 15 is 0 Å². The number of hydrogen-bond donors (Lipinski definition) is 2. The lowest BCUT2D eigenvalue weighted by atomic mass is 9.95. The first-order valence-electron chi connectivity index (χ1n) is 6.18. The van der Waals surface area contributed by atoms with Crippen molar-refractivity contribution in [3.8, 4) is 0 Å². The van der Waals surface area contributed by atoms with Gasteiger partial charge in [-0.2, -0.15) is 15.0 Å². The summed E-state index contributed by atoms with van der Waals surface area (Å²) in [5, 5.41) is 12.1. The Morgan fingerprint density at radius 2 is 2.28 bits per heavy atom. The van der Waals surface area contributed by atoms with Crippen LogP contribution < -0.4 is 10.2 Å². The minimum absolute atomic E-state index is 0.202. The largest absolute Gasteiger partial charge is 0.396 e. The van der Waals surface area contributed by atoms with Crippen LogP contribution in [0.5, 0.6) is 0 Å². The second-order valence-electron chi connectivity index (χ2n) is 4.44. The fourth-order valence-electron chi connectivity index (χ4n) is 2.26. The number of hydrogen-bond acceptors (Lipinski definition) is 6. The van der Waals surface area contributed by atoms with Gasteiger partial charge in [0.15, 0.2) is 0 Å². The van der Waals surface area contributed by atoms with Gasteiger partial charge in [-0.25, -0.2) is 0 Å². The van der Waals surface area contributed by atoms with Crippen molar-refractivity contribution in [2.24, 2.45) is 5.92 Å². The van der Waals surface area contributed by atoms with Crippen molar-refractivity contribution in [1.29, 1.82) is 0 Å². The Kier molecular flexibility index (Phi) is 4.54. The van der Waals surface area contributed by atoms with Crippen molar-refractivity contribution in [1.82, 2.24) is 15.0 Å². The van der Waals surface area contributed by atoms with Crippen LogP contribution in [0.1, 0.15) is 19.3 Å². The van der Waals surface area contributed by atoms with E-state index in [1.807, 2.05) is 0 Å². The van der Waals surface area contributed by atoms with Gasteiger partial charge in [0.2, 0.25) is 17.2 Å². The summed E-state index contributed by atoms with van der Waals surface area (Å²) in [7, 11) is 1.75. The van der Waals surface area contributed by atoms with Crippen LogP contribution in [0.25, 0.3) is 0 Å². The molecule has 0 saturated carbocycles. The monoisotopic (exact) mass is 271 g/mol. The average Bonchev–Trinajstić information content (AvgIpc) is 2.39. The van der Waals surface area contributed by atoms with Crippen LogP contribution in [0.3, 0.4) is 0 Å². The van der Waals surface area contributed by atoms with Crippen LogP contribution in [-0.4, -0.2) is 46.8 Å². The van der Waals surface area contributed by atoms with Crippen LogP contribution >= 0.6 is 11.6 Å². The fourth-order valence-corrected chi connectivity index (χ4v) is 2.41. The number of aliphatic hydroxyl groups is 1. The molecular formula is C11H18ClN5O. The summed E-state index contributed by atoms with van der Waals surface area (Å²) in [4.78, 5) is 14.6. The highest BCUT2D eigenvalue weighted by Gasteiger charge is 2.22. The van der Waals surface area contributed by atoms with Crippen LogP contribution in [-0.2, 0) is 0 Å². The maximum absolute atomic E-state index is 9.01. The Labute approximate surface area is 111 Å². The summed E-state index contributed by atoms with van der Waals surface area (Å²) in [5.74, 6) is 1.59. The smallest absolute Gasteiger partial charge is 0.231 e. The molecule has 2 heterocycles. The molecular weight excluding hydrogens is 254 g/mol. The van der Waals surface area contributed by atoms with E-state index in [1.54, 1.807) is 7.05 Å². The number of rotatable bonds is 4. The second-order valence-corrected chi connectivity index (χ2v) is 4.78. The molecule has 1 fully saturated rings. The van der Waals surface area contributed by atoms with E-state index in [2.05, 4.69) is 25.2 Å². The Morgan fingerprint density at radius 3 is 3.00 bits per heavy atom. The highest BCUT2D eigenvalue weighted by Crippen LogP contribution is 2.23. The first kappa shape index (κ1) is 13.3. The number of anilines is 2. The van der Waals surface area contributed by atoms with Crippen LogP contribution in [0.15, 0.2) is 0 Å². The normalized spacial score (nSPS) is 19.9. The minimum Gasteiger partial charge on any atom is -0.396 e. The van der Waals surface area contributed by atoms with Gasteiger partial charge in [0.1, 0.15) is 0 Å². The first-order valence-corrected chi connectivity index (χ1v) is 6.56. The number of aromatic nitrogens is 3. The van der Waals surface area contributed by atoms with Crippen molar-refractivity contribution in [2.75, 3.05) is 37.0 Å². The van der Waals surface area contributed by atoms with Gasteiger partial charge >= 0.3 is 0 Å². The maximum atomic E-state index is 9.01. The summed E-state index contributed by atoms with van der Waals surface area (Å²) < 4.78 is 0. The Morgan fingerprint density at radius 1 is 1.44 bits per heavy atom. The topological polar surface area (TPSA) is 74.2 Å². The molecule has 18 heavy (non-hydrogen) atoms. The third-order valence-electron chi connectivity index (χ3n) is 3.16. The number of nitrogens with zero attached hydrogens (tertiary/aromatic N) is 4. The second kappa shape index (κ2) is 6.15. The Hall–Kier alpha value is -1.14.